The van der Waals surface area contributed by atoms with Crippen LogP contribution in [0.5, 0.6) is 0 Å². The highest BCUT2D eigenvalue weighted by Crippen LogP contribution is 2.23. The first-order valence-corrected chi connectivity index (χ1v) is 9.50. The second kappa shape index (κ2) is 9.81. The van der Waals surface area contributed by atoms with Gasteiger partial charge in [0.2, 0.25) is 0 Å². The van der Waals surface area contributed by atoms with Gasteiger partial charge in [0.1, 0.15) is 0 Å². The van der Waals surface area contributed by atoms with E-state index in [-0.39, 0.29) is 0 Å². The smallest absolute Gasteiger partial charge is 0.0218 e. The van der Waals surface area contributed by atoms with Crippen molar-refractivity contribution in [3.8, 4) is 0 Å². The zero-order chi connectivity index (χ0) is 14.9. The molecule has 21 heavy (non-hydrogen) atoms. The second-order valence-electron chi connectivity index (χ2n) is 7.23. The van der Waals surface area contributed by atoms with Crippen molar-refractivity contribution in [2.75, 3.05) is 39.3 Å². The van der Waals surface area contributed by atoms with Gasteiger partial charge in [-0.1, -0.05) is 32.6 Å². The van der Waals surface area contributed by atoms with Crippen LogP contribution in [0.15, 0.2) is 0 Å². The lowest BCUT2D eigenvalue weighted by molar-refractivity contribution is 0.112. The average molecular weight is 296 g/mol. The van der Waals surface area contributed by atoms with E-state index in [1.807, 2.05) is 0 Å². The van der Waals surface area contributed by atoms with Crippen LogP contribution >= 0.6 is 0 Å². The van der Waals surface area contributed by atoms with Crippen molar-refractivity contribution in [2.24, 2.45) is 11.7 Å². The molecule has 0 aliphatic carbocycles. The van der Waals surface area contributed by atoms with Crippen LogP contribution in [0.4, 0.5) is 0 Å². The van der Waals surface area contributed by atoms with Crippen molar-refractivity contribution in [1.82, 2.24) is 9.80 Å². The Morgan fingerprint density at radius 1 is 1.00 bits per heavy atom. The third-order valence-corrected chi connectivity index (χ3v) is 5.54. The summed E-state index contributed by atoms with van der Waals surface area (Å²) in [6, 6.07) is 0.648. The van der Waals surface area contributed by atoms with Crippen LogP contribution in [0, 0.1) is 5.92 Å². The molecular weight excluding hydrogens is 258 g/mol. The van der Waals surface area contributed by atoms with Gasteiger partial charge in [-0.2, -0.15) is 0 Å². The third kappa shape index (κ3) is 5.88. The molecule has 0 bridgehead atoms. The van der Waals surface area contributed by atoms with E-state index in [9.17, 15) is 0 Å². The molecule has 2 saturated heterocycles. The van der Waals surface area contributed by atoms with Crippen molar-refractivity contribution in [1.29, 1.82) is 0 Å². The second-order valence-corrected chi connectivity index (χ2v) is 7.23. The van der Waals surface area contributed by atoms with Gasteiger partial charge in [0.25, 0.3) is 0 Å². The van der Waals surface area contributed by atoms with Crippen LogP contribution in [0.1, 0.15) is 64.7 Å². The van der Waals surface area contributed by atoms with Gasteiger partial charge in [-0.25, -0.2) is 0 Å². The number of hydrogen-bond donors (Lipinski definition) is 1. The number of unbranched alkanes of at least 4 members (excludes halogenated alkanes) is 3. The van der Waals surface area contributed by atoms with E-state index >= 15 is 0 Å². The van der Waals surface area contributed by atoms with Gasteiger partial charge in [-0.15, -0.1) is 0 Å². The zero-order valence-electron chi connectivity index (χ0n) is 14.2. The molecule has 2 aliphatic heterocycles. The molecule has 0 aromatic heterocycles. The fourth-order valence-electron chi connectivity index (χ4n) is 4.09. The summed E-state index contributed by atoms with van der Waals surface area (Å²) in [4.78, 5) is 5.37. The first-order valence-electron chi connectivity index (χ1n) is 9.50. The maximum absolute atomic E-state index is 6.04. The molecule has 3 nitrogen and oxygen atoms in total. The lowest BCUT2D eigenvalue weighted by Gasteiger charge is -2.38. The van der Waals surface area contributed by atoms with Gasteiger partial charge in [0, 0.05) is 19.1 Å². The average Bonchev–Trinajstić information content (AvgIpc) is 3.02. The summed E-state index contributed by atoms with van der Waals surface area (Å²) in [6.45, 7) is 9.76. The number of piperidine rings is 1. The molecule has 124 valence electrons. The van der Waals surface area contributed by atoms with Crippen LogP contribution in [-0.4, -0.2) is 55.1 Å². The summed E-state index contributed by atoms with van der Waals surface area (Å²) in [5.74, 6) is 0.942. The van der Waals surface area contributed by atoms with Gasteiger partial charge >= 0.3 is 0 Å². The summed E-state index contributed by atoms with van der Waals surface area (Å²) in [7, 11) is 0. The highest BCUT2D eigenvalue weighted by atomic mass is 15.2. The molecule has 2 aliphatic rings. The number of nitrogens with zero attached hydrogens (tertiary/aromatic N) is 2. The number of nitrogens with two attached hydrogens (primary N) is 1. The number of likely N-dealkylation sites (tertiary alicyclic amines) is 2. The van der Waals surface area contributed by atoms with Crippen LogP contribution in [0.25, 0.3) is 0 Å². The quantitative estimate of drug-likeness (QED) is 0.664. The third-order valence-electron chi connectivity index (χ3n) is 5.54. The van der Waals surface area contributed by atoms with Crippen molar-refractivity contribution in [3.63, 3.8) is 0 Å². The number of hydrogen-bond acceptors (Lipinski definition) is 3. The summed E-state index contributed by atoms with van der Waals surface area (Å²) in [5.41, 5.74) is 6.04. The minimum atomic E-state index is 0.648. The zero-order valence-corrected chi connectivity index (χ0v) is 14.2. The normalized spacial score (nSPS) is 23.7. The minimum absolute atomic E-state index is 0.648. The van der Waals surface area contributed by atoms with E-state index in [1.54, 1.807) is 0 Å². The fraction of sp³-hybridized carbons (Fsp3) is 1.00. The molecule has 1 unspecified atom stereocenters. The van der Waals surface area contributed by atoms with Crippen LogP contribution in [-0.2, 0) is 0 Å². The molecule has 0 radical (unpaired) electrons. The van der Waals surface area contributed by atoms with Crippen LogP contribution in [0.3, 0.4) is 0 Å². The molecule has 2 fully saturated rings. The Balaban J connectivity index is 1.63. The highest BCUT2D eigenvalue weighted by Gasteiger charge is 2.25. The van der Waals surface area contributed by atoms with E-state index in [4.69, 9.17) is 5.73 Å². The van der Waals surface area contributed by atoms with E-state index in [0.717, 1.165) is 12.5 Å². The monoisotopic (exact) mass is 295 g/mol. The predicted molar refractivity (Wildman–Crippen MR) is 91.6 cm³/mol. The van der Waals surface area contributed by atoms with Gasteiger partial charge < -0.3 is 10.6 Å². The first kappa shape index (κ1) is 17.2. The topological polar surface area (TPSA) is 32.5 Å². The fourth-order valence-corrected chi connectivity index (χ4v) is 4.09. The molecule has 3 heteroatoms. The summed E-state index contributed by atoms with van der Waals surface area (Å²) >= 11 is 0. The Hall–Kier alpha value is -0.120. The van der Waals surface area contributed by atoms with Gasteiger partial charge in [0.05, 0.1) is 0 Å². The Labute approximate surface area is 132 Å². The minimum Gasteiger partial charge on any atom is -0.329 e. The summed E-state index contributed by atoms with van der Waals surface area (Å²) < 4.78 is 0. The predicted octanol–water partition coefficient (Wildman–Crippen LogP) is 3.09. The molecule has 2 N–H and O–H groups in total. The lowest BCUT2D eigenvalue weighted by atomic mass is 9.94. The maximum atomic E-state index is 6.04. The Morgan fingerprint density at radius 3 is 2.33 bits per heavy atom. The highest BCUT2D eigenvalue weighted by molar-refractivity contribution is 4.81. The summed E-state index contributed by atoms with van der Waals surface area (Å²) in [6.07, 6.45) is 12.4. The molecule has 0 amide bonds. The van der Waals surface area contributed by atoms with Crippen molar-refractivity contribution in [2.45, 2.75) is 70.8 Å². The summed E-state index contributed by atoms with van der Waals surface area (Å²) in [5, 5.41) is 0. The molecule has 2 heterocycles. The molecule has 0 aromatic carbocycles. The SMILES string of the molecule is CCCCCCC(CN)N1CCC(CN2CCCC2)CC1. The molecule has 2 rings (SSSR count). The van der Waals surface area contributed by atoms with Crippen molar-refractivity contribution >= 4 is 0 Å². The molecule has 0 aromatic rings. The Kier molecular flexibility index (Phi) is 8.05. The van der Waals surface area contributed by atoms with Gasteiger partial charge in [0.15, 0.2) is 0 Å². The van der Waals surface area contributed by atoms with Crippen LogP contribution in [0.2, 0.25) is 0 Å². The van der Waals surface area contributed by atoms with Crippen molar-refractivity contribution < 1.29 is 0 Å². The largest absolute Gasteiger partial charge is 0.329 e. The molecule has 1 atom stereocenters. The van der Waals surface area contributed by atoms with E-state index in [1.165, 1.54) is 90.5 Å². The maximum Gasteiger partial charge on any atom is 0.0218 e. The van der Waals surface area contributed by atoms with Gasteiger partial charge in [-0.05, 0) is 64.2 Å². The van der Waals surface area contributed by atoms with E-state index in [2.05, 4.69) is 16.7 Å². The number of rotatable bonds is 9. The van der Waals surface area contributed by atoms with E-state index in [0.29, 0.717) is 6.04 Å². The Bertz CT molecular complexity index is 255. The standard InChI is InChI=1S/C18H37N3/c1-2-3-4-5-8-18(15-19)21-13-9-17(10-14-21)16-20-11-6-7-12-20/h17-18H,2-16,19H2,1H3. The van der Waals surface area contributed by atoms with E-state index < -0.39 is 0 Å². The molecule has 0 spiro atoms. The van der Waals surface area contributed by atoms with Gasteiger partial charge in [-0.3, -0.25) is 4.90 Å². The van der Waals surface area contributed by atoms with Crippen molar-refractivity contribution in [3.05, 3.63) is 0 Å². The first-order chi connectivity index (χ1) is 10.3. The molecule has 0 saturated carbocycles. The molecular formula is C18H37N3. The lowest BCUT2D eigenvalue weighted by Crippen LogP contribution is -2.46. The van der Waals surface area contributed by atoms with Crippen LogP contribution < -0.4 is 5.73 Å². The Morgan fingerprint density at radius 2 is 1.71 bits per heavy atom.